The molecule has 0 spiro atoms. The van der Waals surface area contributed by atoms with Gasteiger partial charge < -0.3 is 9.64 Å². The smallest absolute Gasteiger partial charge is 0.222 e. The summed E-state index contributed by atoms with van der Waals surface area (Å²) in [7, 11) is 3.64. The van der Waals surface area contributed by atoms with Crippen molar-refractivity contribution >= 4 is 5.91 Å². The van der Waals surface area contributed by atoms with Gasteiger partial charge in [-0.1, -0.05) is 6.07 Å². The molecule has 1 amide bonds. The van der Waals surface area contributed by atoms with E-state index in [9.17, 15) is 4.79 Å². The average molecular weight is 341 g/mol. The summed E-state index contributed by atoms with van der Waals surface area (Å²) in [5, 5.41) is 4.44. The van der Waals surface area contributed by atoms with Crippen molar-refractivity contribution in [3.8, 4) is 5.75 Å². The van der Waals surface area contributed by atoms with Crippen molar-refractivity contribution in [1.82, 2.24) is 14.7 Å². The van der Waals surface area contributed by atoms with Gasteiger partial charge in [-0.3, -0.25) is 9.48 Å². The van der Waals surface area contributed by atoms with E-state index in [2.05, 4.69) is 24.2 Å². The maximum atomic E-state index is 12.7. The number of methoxy groups -OCH3 is 1. The number of amides is 1. The Kier molecular flexibility index (Phi) is 5.11. The zero-order chi connectivity index (χ0) is 18.0. The van der Waals surface area contributed by atoms with Crippen molar-refractivity contribution in [3.63, 3.8) is 0 Å². The molecular formula is C20H27N3O2. The first-order valence-corrected chi connectivity index (χ1v) is 8.92. The van der Waals surface area contributed by atoms with Crippen LogP contribution in [0.3, 0.4) is 0 Å². The molecule has 2 heterocycles. The fraction of sp³-hybridized carbons (Fsp3) is 0.500. The number of fused-ring (bicyclic) bond motifs is 1. The van der Waals surface area contributed by atoms with Crippen LogP contribution in [-0.2, 0) is 31.1 Å². The van der Waals surface area contributed by atoms with Crippen LogP contribution in [0.1, 0.15) is 34.5 Å². The highest BCUT2D eigenvalue weighted by Gasteiger charge is 2.20. The molecule has 0 atom stereocenters. The van der Waals surface area contributed by atoms with Gasteiger partial charge in [-0.05, 0) is 61.9 Å². The molecule has 0 radical (unpaired) electrons. The Balaban J connectivity index is 1.62. The van der Waals surface area contributed by atoms with Gasteiger partial charge in [0.1, 0.15) is 5.75 Å². The van der Waals surface area contributed by atoms with Crippen LogP contribution in [-0.4, -0.2) is 40.8 Å². The van der Waals surface area contributed by atoms with Crippen LogP contribution in [0.15, 0.2) is 18.2 Å². The minimum Gasteiger partial charge on any atom is -0.497 e. The van der Waals surface area contributed by atoms with Gasteiger partial charge in [0.05, 0.1) is 12.8 Å². The highest BCUT2D eigenvalue weighted by molar-refractivity contribution is 5.76. The van der Waals surface area contributed by atoms with Crippen LogP contribution >= 0.6 is 0 Å². The van der Waals surface area contributed by atoms with Gasteiger partial charge >= 0.3 is 0 Å². The van der Waals surface area contributed by atoms with E-state index >= 15 is 0 Å². The lowest BCUT2D eigenvalue weighted by Crippen LogP contribution is -2.33. The highest BCUT2D eigenvalue weighted by atomic mass is 16.5. The van der Waals surface area contributed by atoms with E-state index in [0.717, 1.165) is 49.5 Å². The van der Waals surface area contributed by atoms with Crippen LogP contribution in [0.5, 0.6) is 5.75 Å². The molecule has 1 aliphatic heterocycles. The molecule has 0 saturated carbocycles. The summed E-state index contributed by atoms with van der Waals surface area (Å²) in [5.41, 5.74) is 6.02. The van der Waals surface area contributed by atoms with Gasteiger partial charge in [-0.2, -0.15) is 5.10 Å². The lowest BCUT2D eigenvalue weighted by molar-refractivity contribution is -0.131. The predicted molar refractivity (Wildman–Crippen MR) is 98.0 cm³/mol. The van der Waals surface area contributed by atoms with Crippen LogP contribution in [0.2, 0.25) is 0 Å². The summed E-state index contributed by atoms with van der Waals surface area (Å²) < 4.78 is 7.21. The van der Waals surface area contributed by atoms with Crippen molar-refractivity contribution in [3.05, 3.63) is 46.3 Å². The lowest BCUT2D eigenvalue weighted by atomic mass is 10.0. The number of hydrogen-bond donors (Lipinski definition) is 0. The first-order chi connectivity index (χ1) is 12.0. The third-order valence-electron chi connectivity index (χ3n) is 5.32. The topological polar surface area (TPSA) is 47.4 Å². The van der Waals surface area contributed by atoms with E-state index in [1.165, 1.54) is 16.7 Å². The van der Waals surface area contributed by atoms with E-state index in [1.54, 1.807) is 7.11 Å². The summed E-state index contributed by atoms with van der Waals surface area (Å²) in [6.45, 7) is 5.66. The number of rotatable bonds is 4. The molecule has 0 unspecified atom stereocenters. The Hall–Kier alpha value is -2.30. The zero-order valence-electron chi connectivity index (χ0n) is 15.6. The number of carbonyl (C=O) groups excluding carboxylic acids is 1. The molecule has 0 fully saturated rings. The number of aromatic nitrogens is 2. The summed E-state index contributed by atoms with van der Waals surface area (Å²) in [5.74, 6) is 1.13. The fourth-order valence-electron chi connectivity index (χ4n) is 3.65. The zero-order valence-corrected chi connectivity index (χ0v) is 15.6. The highest BCUT2D eigenvalue weighted by Crippen LogP contribution is 2.22. The van der Waals surface area contributed by atoms with Gasteiger partial charge in [-0.25, -0.2) is 0 Å². The number of benzene rings is 1. The van der Waals surface area contributed by atoms with Gasteiger partial charge in [0.15, 0.2) is 0 Å². The Bertz CT molecular complexity index is 779. The van der Waals surface area contributed by atoms with Crippen molar-refractivity contribution in [1.29, 1.82) is 0 Å². The normalized spacial score (nSPS) is 14.2. The average Bonchev–Trinajstić information content (AvgIpc) is 2.78. The second-order valence-corrected chi connectivity index (χ2v) is 6.79. The Morgan fingerprint density at radius 1 is 1.20 bits per heavy atom. The van der Waals surface area contributed by atoms with Crippen LogP contribution in [0.4, 0.5) is 0 Å². The Morgan fingerprint density at radius 3 is 2.56 bits per heavy atom. The summed E-state index contributed by atoms with van der Waals surface area (Å²) in [6, 6.07) is 6.24. The molecule has 1 aliphatic rings. The standard InChI is InChI=1S/C20H27N3O2/c1-14-19(15(2)22(3)21-14)7-8-20(24)23-11-9-16-5-6-18(25-4)13-17(16)10-12-23/h5-6,13H,7-12H2,1-4H3. The predicted octanol–water partition coefficient (Wildman–Crippen LogP) is 2.61. The number of ether oxygens (including phenoxy) is 1. The molecule has 0 aliphatic carbocycles. The molecule has 1 aromatic carbocycles. The van der Waals surface area contributed by atoms with E-state index in [0.29, 0.717) is 6.42 Å². The molecule has 3 rings (SSSR count). The van der Waals surface area contributed by atoms with Gasteiger partial charge in [-0.15, -0.1) is 0 Å². The molecule has 0 saturated heterocycles. The molecule has 5 nitrogen and oxygen atoms in total. The first kappa shape index (κ1) is 17.5. The van der Waals surface area contributed by atoms with E-state index in [1.807, 2.05) is 29.6 Å². The Labute approximate surface area is 149 Å². The van der Waals surface area contributed by atoms with Gasteiger partial charge in [0.25, 0.3) is 0 Å². The molecule has 0 bridgehead atoms. The van der Waals surface area contributed by atoms with Crippen molar-refractivity contribution in [2.45, 2.75) is 39.5 Å². The van der Waals surface area contributed by atoms with Crippen LogP contribution in [0.25, 0.3) is 0 Å². The summed E-state index contributed by atoms with van der Waals surface area (Å²) in [4.78, 5) is 14.7. The maximum Gasteiger partial charge on any atom is 0.222 e. The largest absolute Gasteiger partial charge is 0.497 e. The molecule has 1 aromatic heterocycles. The molecule has 0 N–H and O–H groups in total. The third kappa shape index (κ3) is 3.70. The van der Waals surface area contributed by atoms with Crippen LogP contribution in [0, 0.1) is 13.8 Å². The van der Waals surface area contributed by atoms with Crippen molar-refractivity contribution < 1.29 is 9.53 Å². The third-order valence-corrected chi connectivity index (χ3v) is 5.32. The Morgan fingerprint density at radius 2 is 1.92 bits per heavy atom. The molecular weight excluding hydrogens is 314 g/mol. The monoisotopic (exact) mass is 341 g/mol. The van der Waals surface area contributed by atoms with E-state index in [-0.39, 0.29) is 5.91 Å². The molecule has 5 heteroatoms. The first-order valence-electron chi connectivity index (χ1n) is 8.92. The fourth-order valence-corrected chi connectivity index (χ4v) is 3.65. The van der Waals surface area contributed by atoms with Crippen LogP contribution < -0.4 is 4.74 Å². The number of carbonyl (C=O) groups is 1. The summed E-state index contributed by atoms with van der Waals surface area (Å²) >= 11 is 0. The van der Waals surface area contributed by atoms with E-state index < -0.39 is 0 Å². The number of aryl methyl sites for hydroxylation is 2. The van der Waals surface area contributed by atoms with Crippen molar-refractivity contribution in [2.75, 3.05) is 20.2 Å². The lowest BCUT2D eigenvalue weighted by Gasteiger charge is -2.20. The number of hydrogen-bond acceptors (Lipinski definition) is 3. The maximum absolute atomic E-state index is 12.7. The minimum absolute atomic E-state index is 0.238. The molecule has 25 heavy (non-hydrogen) atoms. The van der Waals surface area contributed by atoms with E-state index in [4.69, 9.17) is 4.74 Å². The molecule has 2 aromatic rings. The quantitative estimate of drug-likeness (QED) is 0.859. The number of nitrogens with zero attached hydrogens (tertiary/aromatic N) is 3. The summed E-state index contributed by atoms with van der Waals surface area (Å²) in [6.07, 6.45) is 3.12. The van der Waals surface area contributed by atoms with Gasteiger partial charge in [0, 0.05) is 32.3 Å². The second kappa shape index (κ2) is 7.30. The van der Waals surface area contributed by atoms with Crippen molar-refractivity contribution in [2.24, 2.45) is 7.05 Å². The van der Waals surface area contributed by atoms with Gasteiger partial charge in [0.2, 0.25) is 5.91 Å². The SMILES string of the molecule is COc1ccc2c(c1)CCN(C(=O)CCc1c(C)nn(C)c1C)CC2. The molecule has 134 valence electrons. The minimum atomic E-state index is 0.238. The second-order valence-electron chi connectivity index (χ2n) is 6.79.